The van der Waals surface area contributed by atoms with Crippen molar-refractivity contribution in [2.24, 2.45) is 5.92 Å². The molecule has 2 heterocycles. The van der Waals surface area contributed by atoms with Crippen LogP contribution in [0.3, 0.4) is 0 Å². The Morgan fingerprint density at radius 1 is 0.906 bits per heavy atom. The van der Waals surface area contributed by atoms with Gasteiger partial charge in [0.2, 0.25) is 0 Å². The SMILES string of the molecule is O=C(c1ccc(OC[C@H]2CCCN(C(=O)c3ccc(F)c(F)c3)C2)cc1)N1CCOCC1. The summed E-state index contributed by atoms with van der Waals surface area (Å²) in [6.07, 6.45) is 1.73. The van der Waals surface area contributed by atoms with Gasteiger partial charge in [-0.15, -0.1) is 0 Å². The van der Waals surface area contributed by atoms with E-state index in [-0.39, 0.29) is 23.3 Å². The predicted molar refractivity (Wildman–Crippen MR) is 114 cm³/mol. The van der Waals surface area contributed by atoms with E-state index in [4.69, 9.17) is 9.47 Å². The number of likely N-dealkylation sites (tertiary alicyclic amines) is 1. The van der Waals surface area contributed by atoms with Crippen LogP contribution in [0.2, 0.25) is 0 Å². The van der Waals surface area contributed by atoms with Crippen LogP contribution < -0.4 is 4.74 Å². The van der Waals surface area contributed by atoms with E-state index < -0.39 is 11.6 Å². The second-order valence-corrected chi connectivity index (χ2v) is 8.13. The molecule has 0 N–H and O–H groups in total. The summed E-state index contributed by atoms with van der Waals surface area (Å²) in [7, 11) is 0. The fourth-order valence-corrected chi connectivity index (χ4v) is 4.05. The van der Waals surface area contributed by atoms with Crippen LogP contribution in [0.1, 0.15) is 33.6 Å². The van der Waals surface area contributed by atoms with Crippen LogP contribution in [-0.4, -0.2) is 67.6 Å². The van der Waals surface area contributed by atoms with Crippen molar-refractivity contribution in [1.29, 1.82) is 0 Å². The van der Waals surface area contributed by atoms with Gasteiger partial charge in [-0.05, 0) is 55.3 Å². The number of benzene rings is 2. The standard InChI is InChI=1S/C24H26F2N2O4/c25-21-8-5-19(14-22(21)26)24(30)28-9-1-2-17(15-28)16-32-20-6-3-18(4-7-20)23(29)27-10-12-31-13-11-27/h3-8,14,17H,1-2,9-13,15-16H2/t17-/m0/s1. The van der Waals surface area contributed by atoms with Gasteiger partial charge >= 0.3 is 0 Å². The van der Waals surface area contributed by atoms with Crippen molar-refractivity contribution in [3.63, 3.8) is 0 Å². The second-order valence-electron chi connectivity index (χ2n) is 8.13. The molecule has 2 aromatic carbocycles. The van der Waals surface area contributed by atoms with Gasteiger partial charge in [-0.25, -0.2) is 8.78 Å². The molecule has 8 heteroatoms. The number of ether oxygens (including phenoxy) is 2. The summed E-state index contributed by atoms with van der Waals surface area (Å²) in [6.45, 7) is 3.81. The van der Waals surface area contributed by atoms with E-state index in [9.17, 15) is 18.4 Å². The molecule has 1 atom stereocenters. The van der Waals surface area contributed by atoms with Crippen molar-refractivity contribution in [3.8, 4) is 5.75 Å². The van der Waals surface area contributed by atoms with Crippen molar-refractivity contribution in [2.75, 3.05) is 46.0 Å². The molecule has 0 unspecified atom stereocenters. The molecule has 2 aliphatic heterocycles. The maximum Gasteiger partial charge on any atom is 0.254 e. The first-order valence-corrected chi connectivity index (χ1v) is 10.9. The summed E-state index contributed by atoms with van der Waals surface area (Å²) in [5.41, 5.74) is 0.756. The number of halogens is 2. The number of carbonyl (C=O) groups excluding carboxylic acids is 2. The van der Waals surface area contributed by atoms with Crippen LogP contribution in [0.15, 0.2) is 42.5 Å². The van der Waals surface area contributed by atoms with Gasteiger partial charge in [-0.1, -0.05) is 0 Å². The highest BCUT2D eigenvalue weighted by Gasteiger charge is 2.26. The monoisotopic (exact) mass is 444 g/mol. The van der Waals surface area contributed by atoms with Crippen LogP contribution in [0.25, 0.3) is 0 Å². The second kappa shape index (κ2) is 10.1. The molecule has 0 saturated carbocycles. The smallest absolute Gasteiger partial charge is 0.254 e. The van der Waals surface area contributed by atoms with E-state index in [2.05, 4.69) is 0 Å². The summed E-state index contributed by atoms with van der Waals surface area (Å²) < 4.78 is 37.8. The first kappa shape index (κ1) is 22.2. The number of rotatable bonds is 5. The molecule has 2 amide bonds. The van der Waals surface area contributed by atoms with Gasteiger partial charge in [0.25, 0.3) is 11.8 Å². The van der Waals surface area contributed by atoms with Crippen LogP contribution in [0.4, 0.5) is 8.78 Å². The topological polar surface area (TPSA) is 59.1 Å². The molecule has 0 spiro atoms. The first-order valence-electron chi connectivity index (χ1n) is 10.9. The van der Waals surface area contributed by atoms with Crippen LogP contribution in [-0.2, 0) is 4.74 Å². The van der Waals surface area contributed by atoms with Crippen LogP contribution >= 0.6 is 0 Å². The van der Waals surface area contributed by atoms with E-state index in [0.717, 1.165) is 25.0 Å². The van der Waals surface area contributed by atoms with Crippen LogP contribution in [0, 0.1) is 17.6 Å². The Kier molecular flexibility index (Phi) is 6.99. The third kappa shape index (κ3) is 5.24. The summed E-state index contributed by atoms with van der Waals surface area (Å²) in [5.74, 6) is -1.52. The van der Waals surface area contributed by atoms with E-state index in [1.807, 2.05) is 0 Å². The van der Waals surface area contributed by atoms with Crippen molar-refractivity contribution in [1.82, 2.24) is 9.80 Å². The molecule has 0 aromatic heterocycles. The van der Waals surface area contributed by atoms with Gasteiger partial charge in [0.1, 0.15) is 5.75 Å². The Morgan fingerprint density at radius 3 is 2.31 bits per heavy atom. The lowest BCUT2D eigenvalue weighted by molar-refractivity contribution is 0.0303. The minimum Gasteiger partial charge on any atom is -0.493 e. The summed E-state index contributed by atoms with van der Waals surface area (Å²) in [5, 5.41) is 0. The van der Waals surface area contributed by atoms with Crippen LogP contribution in [0.5, 0.6) is 5.75 Å². The lowest BCUT2D eigenvalue weighted by Crippen LogP contribution is -2.41. The van der Waals surface area contributed by atoms with E-state index >= 15 is 0 Å². The number of carbonyl (C=O) groups is 2. The van der Waals surface area contributed by atoms with Gasteiger partial charge in [0, 0.05) is 43.2 Å². The van der Waals surface area contributed by atoms with Crippen molar-refractivity contribution in [3.05, 3.63) is 65.2 Å². The zero-order valence-electron chi connectivity index (χ0n) is 17.8. The number of piperidine rings is 1. The molecule has 170 valence electrons. The number of morpholine rings is 1. The van der Waals surface area contributed by atoms with Gasteiger partial charge in [0.15, 0.2) is 11.6 Å². The van der Waals surface area contributed by atoms with Crippen molar-refractivity contribution in [2.45, 2.75) is 12.8 Å². The average molecular weight is 444 g/mol. The summed E-state index contributed by atoms with van der Waals surface area (Å²) in [4.78, 5) is 28.6. The Morgan fingerprint density at radius 2 is 1.59 bits per heavy atom. The molecule has 2 saturated heterocycles. The fourth-order valence-electron chi connectivity index (χ4n) is 4.05. The lowest BCUT2D eigenvalue weighted by Gasteiger charge is -2.32. The number of hydrogen-bond donors (Lipinski definition) is 0. The molecule has 0 aliphatic carbocycles. The first-order chi connectivity index (χ1) is 15.5. The molecule has 0 bridgehead atoms. The Balaban J connectivity index is 1.30. The highest BCUT2D eigenvalue weighted by atomic mass is 19.2. The number of nitrogens with zero attached hydrogens (tertiary/aromatic N) is 2. The Labute approximate surface area is 185 Å². The van der Waals surface area contributed by atoms with Crippen molar-refractivity contribution < 1.29 is 27.8 Å². The highest BCUT2D eigenvalue weighted by Crippen LogP contribution is 2.22. The third-order valence-electron chi connectivity index (χ3n) is 5.86. The van der Waals surface area contributed by atoms with Gasteiger partial charge in [-0.2, -0.15) is 0 Å². The summed E-state index contributed by atoms with van der Waals surface area (Å²) >= 11 is 0. The maximum atomic E-state index is 13.5. The molecule has 32 heavy (non-hydrogen) atoms. The normalized spacial score (nSPS) is 19.0. The average Bonchev–Trinajstić information content (AvgIpc) is 2.84. The molecule has 2 fully saturated rings. The Hall–Kier alpha value is -3.00. The lowest BCUT2D eigenvalue weighted by atomic mass is 9.98. The highest BCUT2D eigenvalue weighted by molar-refractivity contribution is 5.94. The molecule has 2 aromatic rings. The van der Waals surface area contributed by atoms with Gasteiger partial charge in [-0.3, -0.25) is 9.59 Å². The van der Waals surface area contributed by atoms with Gasteiger partial charge in [0.05, 0.1) is 19.8 Å². The van der Waals surface area contributed by atoms with E-state index in [1.54, 1.807) is 34.1 Å². The largest absolute Gasteiger partial charge is 0.493 e. The third-order valence-corrected chi connectivity index (χ3v) is 5.86. The molecule has 4 rings (SSSR count). The molecule has 2 aliphatic rings. The van der Waals surface area contributed by atoms with E-state index in [0.29, 0.717) is 57.3 Å². The molecule has 0 radical (unpaired) electrons. The maximum absolute atomic E-state index is 13.5. The minimum atomic E-state index is -1.02. The van der Waals surface area contributed by atoms with Gasteiger partial charge < -0.3 is 19.3 Å². The summed E-state index contributed by atoms with van der Waals surface area (Å²) in [6, 6.07) is 10.3. The zero-order valence-corrected chi connectivity index (χ0v) is 17.8. The molecular formula is C24H26F2N2O4. The quantitative estimate of drug-likeness (QED) is 0.710. The molecular weight excluding hydrogens is 418 g/mol. The number of hydrogen-bond acceptors (Lipinski definition) is 4. The Bertz CT molecular complexity index is 961. The predicted octanol–water partition coefficient (Wildman–Crippen LogP) is 3.37. The number of amides is 2. The van der Waals surface area contributed by atoms with E-state index in [1.165, 1.54) is 6.07 Å². The minimum absolute atomic E-state index is 0.0153. The van der Waals surface area contributed by atoms with Crippen molar-refractivity contribution >= 4 is 11.8 Å². The molecule has 6 nitrogen and oxygen atoms in total. The fraction of sp³-hybridized carbons (Fsp3) is 0.417. The zero-order chi connectivity index (χ0) is 22.5.